The Balaban J connectivity index is 1.48. The summed E-state index contributed by atoms with van der Waals surface area (Å²) in [5, 5.41) is 0. The van der Waals surface area contributed by atoms with Crippen molar-refractivity contribution in [2.45, 2.75) is 25.7 Å². The molecule has 1 aliphatic rings. The zero-order valence-electron chi connectivity index (χ0n) is 13.4. The molecule has 1 aromatic carbocycles. The van der Waals surface area contributed by atoms with E-state index in [4.69, 9.17) is 4.74 Å². The zero-order chi connectivity index (χ0) is 15.8. The first kappa shape index (κ1) is 17.7. The highest BCUT2D eigenvalue weighted by atomic mass is 79.9. The van der Waals surface area contributed by atoms with Gasteiger partial charge >= 0.3 is 0 Å². The number of likely N-dealkylation sites (N-methyl/N-ethyl adjacent to an activating group) is 1. The third-order valence-corrected chi connectivity index (χ3v) is 4.77. The normalized spacial score (nSPS) is 16.9. The third-order valence-electron chi connectivity index (χ3n) is 4.12. The lowest BCUT2D eigenvalue weighted by Crippen LogP contribution is -2.44. The van der Waals surface area contributed by atoms with Gasteiger partial charge in [-0.1, -0.05) is 12.8 Å². The quantitative estimate of drug-likeness (QED) is 0.645. The largest absolute Gasteiger partial charge is 0.493 e. The number of ether oxygens (including phenoxy) is 1. The van der Waals surface area contributed by atoms with Gasteiger partial charge in [-0.2, -0.15) is 0 Å². The topological polar surface area (TPSA) is 15.7 Å². The van der Waals surface area contributed by atoms with Crippen molar-refractivity contribution in [1.29, 1.82) is 0 Å². The lowest BCUT2D eigenvalue weighted by molar-refractivity contribution is 0.151. The van der Waals surface area contributed by atoms with Gasteiger partial charge in [-0.25, -0.2) is 4.39 Å². The van der Waals surface area contributed by atoms with Gasteiger partial charge in [0.05, 0.1) is 11.1 Å². The van der Waals surface area contributed by atoms with Crippen LogP contribution >= 0.6 is 15.9 Å². The molecule has 0 aliphatic carbocycles. The van der Waals surface area contributed by atoms with Crippen LogP contribution in [0.15, 0.2) is 22.7 Å². The Bertz CT molecular complexity index is 450. The van der Waals surface area contributed by atoms with Crippen molar-refractivity contribution < 1.29 is 9.13 Å². The van der Waals surface area contributed by atoms with E-state index in [1.807, 2.05) is 0 Å². The molecule has 0 bridgehead atoms. The third kappa shape index (κ3) is 6.23. The molecule has 1 saturated heterocycles. The van der Waals surface area contributed by atoms with Gasteiger partial charge in [0.25, 0.3) is 0 Å². The number of unbranched alkanes of at least 4 members (excludes halogenated alkanes) is 3. The van der Waals surface area contributed by atoms with E-state index in [2.05, 4.69) is 32.8 Å². The molecule has 2 rings (SSSR count). The van der Waals surface area contributed by atoms with Gasteiger partial charge in [-0.3, -0.25) is 0 Å². The fourth-order valence-electron chi connectivity index (χ4n) is 2.62. The van der Waals surface area contributed by atoms with E-state index < -0.39 is 0 Å². The fourth-order valence-corrected chi connectivity index (χ4v) is 2.87. The maximum atomic E-state index is 13.3. The molecule has 0 radical (unpaired) electrons. The minimum absolute atomic E-state index is 0.273. The minimum Gasteiger partial charge on any atom is -0.493 e. The summed E-state index contributed by atoms with van der Waals surface area (Å²) in [6, 6.07) is 4.90. The SMILES string of the molecule is CN1CCN(CCCCCCOc2ccc(Br)c(F)c2)CC1. The van der Waals surface area contributed by atoms with E-state index in [0.717, 1.165) is 6.42 Å². The molecular formula is C17H26BrFN2O. The second-order valence-electron chi connectivity index (χ2n) is 5.98. The van der Waals surface area contributed by atoms with Crippen LogP contribution < -0.4 is 4.74 Å². The minimum atomic E-state index is -0.273. The van der Waals surface area contributed by atoms with Crippen molar-refractivity contribution in [2.75, 3.05) is 46.4 Å². The lowest BCUT2D eigenvalue weighted by atomic mass is 10.2. The van der Waals surface area contributed by atoms with E-state index in [-0.39, 0.29) is 5.82 Å². The highest BCUT2D eigenvalue weighted by molar-refractivity contribution is 9.10. The maximum absolute atomic E-state index is 13.3. The Hall–Kier alpha value is -0.650. The first-order chi connectivity index (χ1) is 10.6. The molecule has 22 heavy (non-hydrogen) atoms. The van der Waals surface area contributed by atoms with Crippen LogP contribution in [0.5, 0.6) is 5.75 Å². The maximum Gasteiger partial charge on any atom is 0.141 e. The van der Waals surface area contributed by atoms with Crippen LogP contribution in [0.4, 0.5) is 4.39 Å². The second kappa shape index (κ2) is 9.48. The summed E-state index contributed by atoms with van der Waals surface area (Å²) < 4.78 is 19.4. The van der Waals surface area contributed by atoms with Crippen LogP contribution in [0, 0.1) is 5.82 Å². The molecule has 1 heterocycles. The van der Waals surface area contributed by atoms with Gasteiger partial charge in [0.15, 0.2) is 0 Å². The number of nitrogens with zero attached hydrogens (tertiary/aromatic N) is 2. The summed E-state index contributed by atoms with van der Waals surface area (Å²) >= 11 is 3.14. The number of rotatable bonds is 8. The molecular weight excluding hydrogens is 347 g/mol. The molecule has 0 aromatic heterocycles. The Morgan fingerprint density at radius 2 is 1.82 bits per heavy atom. The van der Waals surface area contributed by atoms with E-state index in [9.17, 15) is 4.39 Å². The van der Waals surface area contributed by atoms with Gasteiger partial charge in [-0.15, -0.1) is 0 Å². The van der Waals surface area contributed by atoms with Gasteiger partial charge in [0.2, 0.25) is 0 Å². The van der Waals surface area contributed by atoms with E-state index in [1.54, 1.807) is 12.1 Å². The van der Waals surface area contributed by atoms with Crippen LogP contribution in [-0.2, 0) is 0 Å². The van der Waals surface area contributed by atoms with Gasteiger partial charge < -0.3 is 14.5 Å². The molecule has 1 fully saturated rings. The highest BCUT2D eigenvalue weighted by Crippen LogP contribution is 2.21. The fraction of sp³-hybridized carbons (Fsp3) is 0.647. The summed E-state index contributed by atoms with van der Waals surface area (Å²) in [6.07, 6.45) is 4.70. The molecule has 0 spiro atoms. The monoisotopic (exact) mass is 372 g/mol. The predicted molar refractivity (Wildman–Crippen MR) is 92.0 cm³/mol. The van der Waals surface area contributed by atoms with Crippen LogP contribution in [-0.4, -0.2) is 56.2 Å². The Morgan fingerprint density at radius 3 is 2.55 bits per heavy atom. The number of hydrogen-bond donors (Lipinski definition) is 0. The Kier molecular flexibility index (Phi) is 7.63. The second-order valence-corrected chi connectivity index (χ2v) is 6.84. The predicted octanol–water partition coefficient (Wildman–Crippen LogP) is 3.77. The Labute approximate surface area is 141 Å². The highest BCUT2D eigenvalue weighted by Gasteiger charge is 2.12. The molecule has 1 aliphatic heterocycles. The summed E-state index contributed by atoms with van der Waals surface area (Å²) in [7, 11) is 2.19. The number of halogens is 2. The molecule has 0 saturated carbocycles. The van der Waals surface area contributed by atoms with Crippen LogP contribution in [0.3, 0.4) is 0 Å². The number of piperazine rings is 1. The average molecular weight is 373 g/mol. The van der Waals surface area contributed by atoms with Crippen molar-refractivity contribution in [3.05, 3.63) is 28.5 Å². The smallest absolute Gasteiger partial charge is 0.141 e. The summed E-state index contributed by atoms with van der Waals surface area (Å²) in [6.45, 7) is 6.67. The summed E-state index contributed by atoms with van der Waals surface area (Å²) in [4.78, 5) is 4.94. The zero-order valence-corrected chi connectivity index (χ0v) is 14.9. The molecule has 5 heteroatoms. The molecule has 0 atom stereocenters. The molecule has 3 nitrogen and oxygen atoms in total. The summed E-state index contributed by atoms with van der Waals surface area (Å²) in [5.41, 5.74) is 0. The molecule has 0 N–H and O–H groups in total. The van der Waals surface area contributed by atoms with Crippen molar-refractivity contribution >= 4 is 15.9 Å². The van der Waals surface area contributed by atoms with Crippen LogP contribution in [0.25, 0.3) is 0 Å². The van der Waals surface area contributed by atoms with Crippen LogP contribution in [0.2, 0.25) is 0 Å². The molecule has 1 aromatic rings. The van der Waals surface area contributed by atoms with E-state index in [1.165, 1.54) is 58.1 Å². The van der Waals surface area contributed by atoms with E-state index >= 15 is 0 Å². The summed E-state index contributed by atoms with van der Waals surface area (Å²) in [5.74, 6) is 0.336. The average Bonchev–Trinajstić information content (AvgIpc) is 2.51. The van der Waals surface area contributed by atoms with Crippen molar-refractivity contribution in [2.24, 2.45) is 0 Å². The van der Waals surface area contributed by atoms with Crippen molar-refractivity contribution in [1.82, 2.24) is 9.80 Å². The lowest BCUT2D eigenvalue weighted by Gasteiger charge is -2.32. The first-order valence-electron chi connectivity index (χ1n) is 8.14. The number of hydrogen-bond acceptors (Lipinski definition) is 3. The number of benzene rings is 1. The first-order valence-corrected chi connectivity index (χ1v) is 8.93. The molecule has 124 valence electrons. The van der Waals surface area contributed by atoms with Crippen LogP contribution in [0.1, 0.15) is 25.7 Å². The Morgan fingerprint density at radius 1 is 1.09 bits per heavy atom. The van der Waals surface area contributed by atoms with Crippen molar-refractivity contribution in [3.8, 4) is 5.75 Å². The van der Waals surface area contributed by atoms with Gasteiger partial charge in [-0.05, 0) is 54.5 Å². The van der Waals surface area contributed by atoms with Gasteiger partial charge in [0.1, 0.15) is 11.6 Å². The molecule has 0 unspecified atom stereocenters. The van der Waals surface area contributed by atoms with Gasteiger partial charge in [0, 0.05) is 32.2 Å². The molecule has 0 amide bonds. The standard InChI is InChI=1S/C17H26BrFN2O/c1-20-9-11-21(12-10-20)8-4-2-3-5-13-22-15-6-7-16(18)17(19)14-15/h6-7,14H,2-5,8-13H2,1H3. The van der Waals surface area contributed by atoms with E-state index in [0.29, 0.717) is 16.8 Å². The van der Waals surface area contributed by atoms with Crippen molar-refractivity contribution in [3.63, 3.8) is 0 Å².